The second-order valence-electron chi connectivity index (χ2n) is 31.7. The number of H-pyrrole nitrogens is 1. The summed E-state index contributed by atoms with van der Waals surface area (Å²) in [5.74, 6) is 3.59. The molecule has 5 N–H and O–H groups in total. The first kappa shape index (κ1) is 68.5. The first-order valence-electron chi connectivity index (χ1n) is 36.8. The molecule has 2 atom stereocenters. The van der Waals surface area contributed by atoms with E-state index in [1.54, 1.807) is 41.2 Å². The fraction of sp³-hybridized carbons (Fsp3) is 0.487. The standard InChI is InChI=1S/C39H45N7O4S.C27H30FN5O3S.C12H16N2O/c1-37(2)24-27-10-7-19-40-31-11-6-12-33(41-31)51(48,49)44-36(47)29-23-28(22-26-8-4-3-5-9-26)34(42-35(29)45(37)25-27)46-20-13-32(43-46)50-21-14-30-38(15-16-38)39(30)17-18-39;1-27(2)16-19-10-7-13-29-22-11-6-12-23(30-22)37(35,36)32-26(34)21-15-20(14-18-8-4-3-5-9-18)24(28)31-25(21)33(27)17-19;1-7-13-14-10(1)15-8-2-9-11(3-4-11)12(9)5-6-12/h3-6,8-9,11-13,20,23,27,30H,7,10,14-19,21-22,24-25H2,1-2H3,(H,40,41)(H,44,47);3-6,8-9,11-12,15,19H,7,10,13-14,16-17H2,1-2H3,(H,29,30)(H,32,34);1,7,9H,2-6,8H2,(H,13,14)/t27-;19-;/m00./s1. The predicted molar refractivity (Wildman–Crippen MR) is 389 cm³/mol. The first-order chi connectivity index (χ1) is 49.6. The van der Waals surface area contributed by atoms with E-state index < -0.39 is 43.3 Å². The Kier molecular flexibility index (Phi) is 17.5. The Labute approximate surface area is 601 Å². The topological polar surface area (TPSA) is 274 Å². The van der Waals surface area contributed by atoms with Crippen LogP contribution in [0.25, 0.3) is 5.82 Å². The van der Waals surface area contributed by atoms with Crippen molar-refractivity contribution >= 4 is 55.1 Å². The molecule has 2 aromatic carbocycles. The van der Waals surface area contributed by atoms with E-state index >= 15 is 4.39 Å². The number of rotatable bonds is 13. The van der Waals surface area contributed by atoms with Crippen LogP contribution in [0.15, 0.2) is 144 Å². The van der Waals surface area contributed by atoms with Crippen LogP contribution in [0.2, 0.25) is 0 Å². The Morgan fingerprint density at radius 2 is 1.02 bits per heavy atom. The lowest BCUT2D eigenvalue weighted by Crippen LogP contribution is -2.41. The third kappa shape index (κ3) is 13.5. The third-order valence-corrected chi connectivity index (χ3v) is 26.8. The lowest BCUT2D eigenvalue weighted by atomic mass is 9.93. The minimum atomic E-state index is -4.29. The van der Waals surface area contributed by atoms with Crippen molar-refractivity contribution in [1.29, 1.82) is 0 Å². The van der Waals surface area contributed by atoms with Crippen LogP contribution in [0.5, 0.6) is 11.8 Å². The van der Waals surface area contributed by atoms with Gasteiger partial charge in [0.25, 0.3) is 31.9 Å². The van der Waals surface area contributed by atoms with Gasteiger partial charge in [-0.05, 0) is 223 Å². The number of halogens is 1. The molecule has 2 saturated heterocycles. The maximum Gasteiger partial charge on any atom is 0.281 e. The molecule has 18 rings (SSSR count). The summed E-state index contributed by atoms with van der Waals surface area (Å²) in [7, 11) is -8.58. The van der Waals surface area contributed by atoms with E-state index in [-0.39, 0.29) is 44.5 Å². The van der Waals surface area contributed by atoms with Gasteiger partial charge in [0, 0.05) is 79.6 Å². The zero-order valence-electron chi connectivity index (χ0n) is 59.0. The van der Waals surface area contributed by atoms with Crippen molar-refractivity contribution in [2.45, 2.75) is 164 Å². The maximum absolute atomic E-state index is 15.4. The van der Waals surface area contributed by atoms with Crippen molar-refractivity contribution in [2.24, 2.45) is 45.3 Å². The molecule has 6 aliphatic carbocycles. The number of hydrogen-bond acceptors (Lipinski definition) is 18. The van der Waals surface area contributed by atoms with Gasteiger partial charge in [-0.15, -0.1) is 5.10 Å². The molecule has 540 valence electrons. The second kappa shape index (κ2) is 26.3. The van der Waals surface area contributed by atoms with Crippen molar-refractivity contribution in [3.63, 3.8) is 0 Å². The first-order valence-corrected chi connectivity index (χ1v) is 39.8. The maximum atomic E-state index is 15.4. The van der Waals surface area contributed by atoms with Crippen molar-refractivity contribution in [1.82, 2.24) is 49.4 Å². The SMILES string of the molecule is CC1(C)C[C@@H]2CCCNc3cccc(n3)S(=O)(=O)NC(=O)c3cc(Cc4ccccc4)c(-n4ccc(OCCC5C6(CC6)C56CC6)n4)nc3N1C2.CC1(C)C[C@@H]2CCCNc3cccc(n3)S(=O)(=O)NC(=O)c3cc(Cc4ccccc4)c(F)nc3N1C2.c1cc(OCCC2C3(CC3)C23CC3)[nH]n1. The molecule has 25 heteroatoms. The molecule has 10 aliphatic rings. The van der Waals surface area contributed by atoms with Crippen molar-refractivity contribution in [3.05, 3.63) is 173 Å². The Balaban J connectivity index is 0.000000136. The van der Waals surface area contributed by atoms with Crippen LogP contribution in [-0.4, -0.2) is 119 Å². The van der Waals surface area contributed by atoms with Gasteiger partial charge < -0.3 is 29.9 Å². The molecule has 8 bridgehead atoms. The van der Waals surface area contributed by atoms with Crippen LogP contribution in [0.3, 0.4) is 0 Å². The normalized spacial score (nSPS) is 23.2. The minimum absolute atomic E-state index is 0.0220. The fourth-order valence-corrected chi connectivity index (χ4v) is 20.8. The quantitative estimate of drug-likeness (QED) is 0.0671. The lowest BCUT2D eigenvalue weighted by molar-refractivity contribution is 0.0972. The largest absolute Gasteiger partial charge is 0.478 e. The Morgan fingerprint density at radius 3 is 1.50 bits per heavy atom. The van der Waals surface area contributed by atoms with Gasteiger partial charge in [0.05, 0.1) is 30.5 Å². The van der Waals surface area contributed by atoms with Gasteiger partial charge in [-0.2, -0.15) is 26.3 Å². The number of anilines is 4. The van der Waals surface area contributed by atoms with Crippen LogP contribution in [0, 0.1) is 51.3 Å². The van der Waals surface area contributed by atoms with Gasteiger partial charge in [0.1, 0.15) is 23.3 Å². The van der Waals surface area contributed by atoms with E-state index in [2.05, 4.69) is 64.0 Å². The number of sulfonamides is 2. The summed E-state index contributed by atoms with van der Waals surface area (Å²) >= 11 is 0. The van der Waals surface area contributed by atoms with E-state index in [1.807, 2.05) is 97.7 Å². The molecule has 10 heterocycles. The summed E-state index contributed by atoms with van der Waals surface area (Å²) in [6.45, 7) is 12.5. The number of benzene rings is 2. The number of nitrogens with zero attached hydrogens (tertiary/aromatic N) is 9. The lowest BCUT2D eigenvalue weighted by Gasteiger charge is -2.34. The number of aromatic nitrogens is 8. The molecule has 8 aromatic rings. The van der Waals surface area contributed by atoms with Gasteiger partial charge in [-0.1, -0.05) is 72.8 Å². The van der Waals surface area contributed by atoms with E-state index in [0.717, 1.165) is 96.8 Å². The summed E-state index contributed by atoms with van der Waals surface area (Å²) in [6, 6.07) is 35.6. The molecule has 0 radical (unpaired) electrons. The average Bonchev–Trinajstić information content (AvgIpc) is 1.45. The van der Waals surface area contributed by atoms with Gasteiger partial charge in [0.15, 0.2) is 15.9 Å². The highest BCUT2D eigenvalue weighted by atomic mass is 32.2. The number of ether oxygens (including phenoxy) is 2. The highest BCUT2D eigenvalue weighted by Crippen LogP contribution is 2.94. The predicted octanol–water partition coefficient (Wildman–Crippen LogP) is 12.6. The Hall–Kier alpha value is -8.97. The zero-order chi connectivity index (χ0) is 71.2. The molecule has 8 fully saturated rings. The molecule has 2 amide bonds. The monoisotopic (exact) mass is 1430 g/mol. The van der Waals surface area contributed by atoms with Gasteiger partial charge in [-0.3, -0.25) is 9.59 Å². The summed E-state index contributed by atoms with van der Waals surface area (Å²) in [6.07, 6.45) is 23.5. The van der Waals surface area contributed by atoms with Crippen LogP contribution in [0.4, 0.5) is 27.7 Å². The van der Waals surface area contributed by atoms with Crippen molar-refractivity contribution < 1.29 is 40.3 Å². The van der Waals surface area contributed by atoms with Gasteiger partial charge in [0.2, 0.25) is 17.7 Å². The van der Waals surface area contributed by atoms with E-state index in [4.69, 9.17) is 19.6 Å². The summed E-state index contributed by atoms with van der Waals surface area (Å²) in [4.78, 5) is 49.9. The zero-order valence-corrected chi connectivity index (χ0v) is 60.6. The molecule has 0 unspecified atom stereocenters. The number of carbonyl (C=O) groups is 2. The molecular formula is C78H91FN14O8S2. The molecule has 22 nitrogen and oxygen atoms in total. The third-order valence-electron chi connectivity index (χ3n) is 24.3. The number of fused-ring (bicyclic) bond motifs is 14. The van der Waals surface area contributed by atoms with Crippen LogP contribution in [-0.2, 0) is 32.9 Å². The smallest absolute Gasteiger partial charge is 0.281 e. The highest BCUT2D eigenvalue weighted by molar-refractivity contribution is 7.90. The molecule has 4 spiro atoms. The Morgan fingerprint density at radius 1 is 0.544 bits per heavy atom. The fourth-order valence-electron chi connectivity index (χ4n) is 18.9. The number of carbonyl (C=O) groups excluding carboxylic acids is 2. The summed E-state index contributed by atoms with van der Waals surface area (Å²) in [5, 5.41) is 17.5. The molecule has 103 heavy (non-hydrogen) atoms. The van der Waals surface area contributed by atoms with Crippen molar-refractivity contribution in [2.75, 3.05) is 59.8 Å². The van der Waals surface area contributed by atoms with E-state index in [1.165, 1.54) is 76.0 Å². The van der Waals surface area contributed by atoms with Gasteiger partial charge >= 0.3 is 0 Å². The average molecular weight is 1440 g/mol. The molecule has 4 aliphatic heterocycles. The van der Waals surface area contributed by atoms with Crippen LogP contribution >= 0.6 is 0 Å². The van der Waals surface area contributed by atoms with Gasteiger partial charge in [-0.25, -0.2) is 39.2 Å². The van der Waals surface area contributed by atoms with E-state index in [9.17, 15) is 26.4 Å². The number of amides is 2. The Bertz CT molecular complexity index is 4720. The second-order valence-corrected chi connectivity index (χ2v) is 35.0. The summed E-state index contributed by atoms with van der Waals surface area (Å²) < 4.78 is 86.9. The van der Waals surface area contributed by atoms with Crippen molar-refractivity contribution in [3.8, 4) is 17.6 Å². The number of pyridine rings is 4. The highest BCUT2D eigenvalue weighted by Gasteiger charge is 2.86. The molecule has 6 aromatic heterocycles. The minimum Gasteiger partial charge on any atom is -0.478 e. The number of nitrogens with one attached hydrogen (secondary N) is 5. The number of aromatic amines is 1. The van der Waals surface area contributed by atoms with E-state index in [0.29, 0.717) is 91.0 Å². The summed E-state index contributed by atoms with van der Waals surface area (Å²) in [5.41, 5.74) is 5.26. The molecular weight excluding hydrogens is 1340 g/mol. The van der Waals surface area contributed by atoms with Crippen LogP contribution < -0.4 is 39.4 Å². The number of hydrogen-bond donors (Lipinski definition) is 5. The molecule has 6 saturated carbocycles. The van der Waals surface area contributed by atoms with Crippen LogP contribution in [0.1, 0.15) is 173 Å².